The summed E-state index contributed by atoms with van der Waals surface area (Å²) in [5, 5.41) is 8.47. The zero-order valence-corrected chi connectivity index (χ0v) is 12.6. The van der Waals surface area contributed by atoms with Gasteiger partial charge in [-0.3, -0.25) is 4.57 Å². The summed E-state index contributed by atoms with van der Waals surface area (Å²) in [6.07, 6.45) is 5.01. The number of pyridine rings is 1. The van der Waals surface area contributed by atoms with E-state index in [0.29, 0.717) is 36.3 Å². The van der Waals surface area contributed by atoms with Crippen LogP contribution in [0.4, 0.5) is 0 Å². The van der Waals surface area contributed by atoms with Gasteiger partial charge in [-0.05, 0) is 37.8 Å². The van der Waals surface area contributed by atoms with Crippen molar-refractivity contribution < 1.29 is 13.5 Å². The van der Waals surface area contributed by atoms with Crippen molar-refractivity contribution in [3.63, 3.8) is 0 Å². The molecule has 0 saturated carbocycles. The van der Waals surface area contributed by atoms with Crippen molar-refractivity contribution >= 4 is 21.0 Å². The molecule has 0 aromatic carbocycles. The number of aromatic nitrogens is 3. The third-order valence-corrected chi connectivity index (χ3v) is 6.05. The van der Waals surface area contributed by atoms with Gasteiger partial charge in [0.25, 0.3) is 0 Å². The van der Waals surface area contributed by atoms with E-state index < -0.39 is 15.2 Å². The molecule has 0 aliphatic carbocycles. The van der Waals surface area contributed by atoms with Crippen molar-refractivity contribution in [2.24, 2.45) is 0 Å². The van der Waals surface area contributed by atoms with Crippen LogP contribution in [0.25, 0.3) is 11.2 Å². The Labute approximate surface area is 123 Å². The highest BCUT2D eigenvalue weighted by Gasteiger charge is 2.33. The third-order valence-electron chi connectivity index (χ3n) is 3.91. The van der Waals surface area contributed by atoms with E-state index >= 15 is 0 Å². The first-order valence-electron chi connectivity index (χ1n) is 7.28. The van der Waals surface area contributed by atoms with Gasteiger partial charge < -0.3 is 5.11 Å². The van der Waals surface area contributed by atoms with E-state index in [2.05, 4.69) is 9.97 Å². The lowest BCUT2D eigenvalue weighted by Crippen LogP contribution is -2.28. The minimum Gasteiger partial charge on any atom is -0.396 e. The fraction of sp³-hybridized carbons (Fsp3) is 0.571. The Morgan fingerprint density at radius 2 is 2.24 bits per heavy atom. The van der Waals surface area contributed by atoms with Crippen LogP contribution in [0.15, 0.2) is 18.3 Å². The molecule has 6 nitrogen and oxygen atoms in total. The van der Waals surface area contributed by atoms with Crippen molar-refractivity contribution in [1.29, 1.82) is 0 Å². The predicted molar refractivity (Wildman–Crippen MR) is 79.6 cm³/mol. The molecule has 0 radical (unpaired) electrons. The van der Waals surface area contributed by atoms with E-state index in [9.17, 15) is 8.42 Å². The van der Waals surface area contributed by atoms with Crippen molar-refractivity contribution in [3.8, 4) is 0 Å². The van der Waals surface area contributed by atoms with Gasteiger partial charge >= 0.3 is 0 Å². The second-order valence-electron chi connectivity index (χ2n) is 5.39. The maximum atomic E-state index is 12.4. The molecule has 1 saturated heterocycles. The molecule has 1 atom stereocenters. The lowest BCUT2D eigenvalue weighted by atomic mass is 10.2. The number of aryl methyl sites for hydroxylation is 1. The zero-order chi connectivity index (χ0) is 14.9. The van der Waals surface area contributed by atoms with Gasteiger partial charge in [0.2, 0.25) is 0 Å². The van der Waals surface area contributed by atoms with E-state index in [1.165, 1.54) is 0 Å². The largest absolute Gasteiger partial charge is 0.396 e. The molecule has 1 fully saturated rings. The third kappa shape index (κ3) is 2.67. The normalized spacial score (nSPS) is 21.7. The summed E-state index contributed by atoms with van der Waals surface area (Å²) in [6, 6.07) is 3.64. The lowest BCUT2D eigenvalue weighted by Gasteiger charge is -2.25. The van der Waals surface area contributed by atoms with Crippen LogP contribution in [0.3, 0.4) is 0 Å². The molecule has 114 valence electrons. The number of hydrogen-bond acceptors (Lipinski definition) is 5. The monoisotopic (exact) mass is 309 g/mol. The fourth-order valence-electron chi connectivity index (χ4n) is 2.92. The molecular formula is C14H19N3O3S. The van der Waals surface area contributed by atoms with Crippen molar-refractivity contribution in [1.82, 2.24) is 14.5 Å². The fourth-order valence-corrected chi connectivity index (χ4v) is 4.87. The molecule has 1 aliphatic heterocycles. The van der Waals surface area contributed by atoms with Gasteiger partial charge in [0.15, 0.2) is 15.5 Å². The Kier molecular flexibility index (Phi) is 3.95. The van der Waals surface area contributed by atoms with E-state index in [1.807, 2.05) is 6.07 Å². The molecule has 1 unspecified atom stereocenters. The summed E-state index contributed by atoms with van der Waals surface area (Å²) in [6.45, 7) is 0.0635. The highest BCUT2D eigenvalue weighted by atomic mass is 32.2. The first-order valence-corrected chi connectivity index (χ1v) is 8.99. The van der Waals surface area contributed by atoms with E-state index in [0.717, 1.165) is 12.8 Å². The van der Waals surface area contributed by atoms with Crippen LogP contribution in [0, 0.1) is 0 Å². The molecule has 3 rings (SSSR count). The maximum Gasteiger partial charge on any atom is 0.171 e. The number of nitrogens with zero attached hydrogens (tertiary/aromatic N) is 3. The Morgan fingerprint density at radius 3 is 3.00 bits per heavy atom. The van der Waals surface area contributed by atoms with Gasteiger partial charge in [-0.2, -0.15) is 0 Å². The Bertz CT molecular complexity index is 739. The summed E-state index contributed by atoms with van der Waals surface area (Å²) in [7, 11) is -3.17. The van der Waals surface area contributed by atoms with Crippen LogP contribution in [0.5, 0.6) is 0 Å². The molecule has 21 heavy (non-hydrogen) atoms. The summed E-state index contributed by atoms with van der Waals surface area (Å²) in [5.74, 6) is 0.928. The number of aliphatic hydroxyl groups excluding tert-OH is 1. The van der Waals surface area contributed by atoms with Gasteiger partial charge in [-0.1, -0.05) is 0 Å². The number of imidazole rings is 1. The topological polar surface area (TPSA) is 85.1 Å². The number of aliphatic hydroxyl groups is 1. The van der Waals surface area contributed by atoms with Crippen molar-refractivity contribution in [2.75, 3.05) is 12.4 Å². The van der Waals surface area contributed by atoms with Gasteiger partial charge in [-0.15, -0.1) is 0 Å². The first-order chi connectivity index (χ1) is 10.1. The molecule has 2 aromatic rings. The number of hydrogen-bond donors (Lipinski definition) is 1. The number of fused-ring (bicyclic) bond motifs is 1. The number of sulfone groups is 1. The van der Waals surface area contributed by atoms with Gasteiger partial charge in [0, 0.05) is 19.2 Å². The quantitative estimate of drug-likeness (QED) is 0.924. The Hall–Kier alpha value is -1.47. The minimum absolute atomic E-state index is 0.0635. The van der Waals surface area contributed by atoms with E-state index in [-0.39, 0.29) is 12.4 Å². The van der Waals surface area contributed by atoms with Crippen LogP contribution < -0.4 is 0 Å². The SMILES string of the molecule is O=S1(=O)CCCCC1n1c(CCCO)nc2cccnc21. The van der Waals surface area contributed by atoms with Gasteiger partial charge in [0.1, 0.15) is 16.7 Å². The first kappa shape index (κ1) is 14.5. The second-order valence-corrected chi connectivity index (χ2v) is 7.67. The minimum atomic E-state index is -3.17. The molecule has 2 aromatic heterocycles. The standard InChI is InChI=1S/C14H19N3O3S/c18-9-4-6-12-16-11-5-3-8-15-14(11)17(12)13-7-1-2-10-21(13,19)20/h3,5,8,13,18H,1-2,4,6-7,9-10H2. The van der Waals surface area contributed by atoms with E-state index in [4.69, 9.17) is 5.11 Å². The molecule has 1 N–H and O–H groups in total. The predicted octanol–water partition coefficient (Wildman–Crippen LogP) is 1.45. The summed E-state index contributed by atoms with van der Waals surface area (Å²) < 4.78 is 26.6. The average molecular weight is 309 g/mol. The average Bonchev–Trinajstić information content (AvgIpc) is 2.83. The molecule has 0 spiro atoms. The summed E-state index contributed by atoms with van der Waals surface area (Å²) >= 11 is 0. The van der Waals surface area contributed by atoms with Crippen LogP contribution >= 0.6 is 0 Å². The van der Waals surface area contributed by atoms with Gasteiger partial charge in [-0.25, -0.2) is 18.4 Å². The molecule has 0 amide bonds. The molecule has 0 bridgehead atoms. The van der Waals surface area contributed by atoms with Crippen LogP contribution in [-0.2, 0) is 16.3 Å². The molecular weight excluding hydrogens is 290 g/mol. The van der Waals surface area contributed by atoms with Crippen molar-refractivity contribution in [3.05, 3.63) is 24.2 Å². The zero-order valence-electron chi connectivity index (χ0n) is 11.8. The Morgan fingerprint density at radius 1 is 1.38 bits per heavy atom. The smallest absolute Gasteiger partial charge is 0.171 e. The maximum absolute atomic E-state index is 12.4. The number of rotatable bonds is 4. The molecule has 1 aliphatic rings. The molecule has 7 heteroatoms. The van der Waals surface area contributed by atoms with E-state index in [1.54, 1.807) is 16.8 Å². The lowest BCUT2D eigenvalue weighted by molar-refractivity contribution is 0.286. The van der Waals surface area contributed by atoms with Crippen LogP contribution in [0.2, 0.25) is 0 Å². The van der Waals surface area contributed by atoms with Crippen LogP contribution in [-0.4, -0.2) is 40.4 Å². The van der Waals surface area contributed by atoms with Gasteiger partial charge in [0.05, 0.1) is 5.75 Å². The summed E-state index contributed by atoms with van der Waals surface area (Å²) in [5.41, 5.74) is 1.34. The Balaban J connectivity index is 2.14. The highest BCUT2D eigenvalue weighted by Crippen LogP contribution is 2.32. The van der Waals surface area contributed by atoms with Crippen LogP contribution in [0.1, 0.15) is 36.9 Å². The summed E-state index contributed by atoms with van der Waals surface area (Å²) in [4.78, 5) is 8.84. The molecule has 3 heterocycles. The van der Waals surface area contributed by atoms with Crippen molar-refractivity contribution in [2.45, 2.75) is 37.5 Å². The highest BCUT2D eigenvalue weighted by molar-refractivity contribution is 7.91. The second kappa shape index (κ2) is 5.73.